The molecule has 0 aliphatic carbocycles. The Bertz CT molecular complexity index is 394. The van der Waals surface area contributed by atoms with Crippen LogP contribution in [-0.2, 0) is 9.53 Å². The van der Waals surface area contributed by atoms with Gasteiger partial charge in [0.15, 0.2) is 6.04 Å². The van der Waals surface area contributed by atoms with Crippen molar-refractivity contribution in [3.05, 3.63) is 12.2 Å². The van der Waals surface area contributed by atoms with Crippen LogP contribution in [0.15, 0.2) is 6.33 Å². The molecule has 0 saturated carbocycles. The molecule has 0 amide bonds. The van der Waals surface area contributed by atoms with Gasteiger partial charge in [-0.2, -0.15) is 5.26 Å². The first kappa shape index (κ1) is 12.2. The van der Waals surface area contributed by atoms with Crippen molar-refractivity contribution >= 4 is 5.97 Å². The average molecular weight is 222 g/mol. The van der Waals surface area contributed by atoms with Gasteiger partial charge in [-0.3, -0.25) is 0 Å². The van der Waals surface area contributed by atoms with Crippen molar-refractivity contribution < 1.29 is 9.53 Å². The minimum atomic E-state index is -0.487. The molecule has 0 saturated heterocycles. The number of nitrogens with zero attached hydrogens (tertiary/aromatic N) is 4. The summed E-state index contributed by atoms with van der Waals surface area (Å²) >= 11 is 0. The second-order valence-corrected chi connectivity index (χ2v) is 3.34. The maximum atomic E-state index is 11.5. The number of ether oxygens (including phenoxy) is 1. The van der Waals surface area contributed by atoms with Crippen LogP contribution in [0.5, 0.6) is 0 Å². The van der Waals surface area contributed by atoms with E-state index in [-0.39, 0.29) is 11.8 Å². The van der Waals surface area contributed by atoms with Gasteiger partial charge in [0.05, 0.1) is 7.11 Å². The fourth-order valence-corrected chi connectivity index (χ4v) is 1.37. The Balaban J connectivity index is 2.83. The molecular formula is C10H14N4O2. The number of hydrogen-bond acceptors (Lipinski definition) is 5. The third-order valence-corrected chi connectivity index (χ3v) is 2.23. The summed E-state index contributed by atoms with van der Waals surface area (Å²) in [7, 11) is 1.34. The lowest BCUT2D eigenvalue weighted by molar-refractivity contribution is -0.145. The van der Waals surface area contributed by atoms with Crippen molar-refractivity contribution in [2.45, 2.75) is 32.2 Å². The Morgan fingerprint density at radius 3 is 3.00 bits per heavy atom. The highest BCUT2D eigenvalue weighted by atomic mass is 16.5. The molecule has 0 bridgehead atoms. The van der Waals surface area contributed by atoms with Crippen molar-refractivity contribution in [1.82, 2.24) is 14.8 Å². The zero-order chi connectivity index (χ0) is 12.0. The maximum Gasteiger partial charge on any atom is 0.330 e. The average Bonchev–Trinajstić information content (AvgIpc) is 2.77. The van der Waals surface area contributed by atoms with Crippen LogP contribution >= 0.6 is 0 Å². The minimum absolute atomic E-state index is 0.0606. The quantitative estimate of drug-likeness (QED) is 0.695. The summed E-state index contributed by atoms with van der Waals surface area (Å²) in [4.78, 5) is 15.3. The van der Waals surface area contributed by atoms with Crippen LogP contribution in [0.3, 0.4) is 0 Å². The van der Waals surface area contributed by atoms with Gasteiger partial charge >= 0.3 is 5.97 Å². The van der Waals surface area contributed by atoms with Crippen molar-refractivity contribution in [2.75, 3.05) is 7.11 Å². The highest BCUT2D eigenvalue weighted by Crippen LogP contribution is 2.15. The summed E-state index contributed by atoms with van der Waals surface area (Å²) in [6, 6.07) is 1.33. The van der Waals surface area contributed by atoms with Gasteiger partial charge in [0.2, 0.25) is 0 Å². The summed E-state index contributed by atoms with van der Waals surface area (Å²) in [5, 5.41) is 12.5. The number of hydrogen-bond donors (Lipinski definition) is 0. The SMILES string of the molecule is CCCCC(C(=O)OC)n1cnc(C#N)n1. The second kappa shape index (κ2) is 5.85. The van der Waals surface area contributed by atoms with E-state index < -0.39 is 6.04 Å². The number of nitriles is 1. The lowest BCUT2D eigenvalue weighted by Gasteiger charge is -2.13. The van der Waals surface area contributed by atoms with E-state index in [2.05, 4.69) is 10.1 Å². The highest BCUT2D eigenvalue weighted by molar-refractivity contribution is 5.73. The van der Waals surface area contributed by atoms with Gasteiger partial charge in [-0.25, -0.2) is 14.5 Å². The molecule has 16 heavy (non-hydrogen) atoms. The molecule has 1 atom stereocenters. The van der Waals surface area contributed by atoms with Gasteiger partial charge in [0, 0.05) is 0 Å². The zero-order valence-corrected chi connectivity index (χ0v) is 9.38. The molecule has 0 aliphatic heterocycles. The zero-order valence-electron chi connectivity index (χ0n) is 9.38. The molecule has 1 rings (SSSR count). The Labute approximate surface area is 93.8 Å². The second-order valence-electron chi connectivity index (χ2n) is 3.34. The molecule has 6 nitrogen and oxygen atoms in total. The number of unbranched alkanes of at least 4 members (excludes halogenated alkanes) is 1. The maximum absolute atomic E-state index is 11.5. The number of carbonyl (C=O) groups is 1. The molecule has 0 fully saturated rings. The summed E-state index contributed by atoms with van der Waals surface area (Å²) in [5.41, 5.74) is 0. The Hall–Kier alpha value is -1.90. The van der Waals surface area contributed by atoms with Crippen LogP contribution in [0.1, 0.15) is 38.1 Å². The van der Waals surface area contributed by atoms with E-state index in [1.54, 1.807) is 0 Å². The normalized spacial score (nSPS) is 11.8. The molecule has 1 unspecified atom stereocenters. The third-order valence-electron chi connectivity index (χ3n) is 2.23. The van der Waals surface area contributed by atoms with E-state index in [1.165, 1.54) is 18.1 Å². The summed E-state index contributed by atoms with van der Waals surface area (Å²) < 4.78 is 6.09. The molecule has 1 aromatic heterocycles. The van der Waals surface area contributed by atoms with E-state index in [0.29, 0.717) is 6.42 Å². The van der Waals surface area contributed by atoms with Gasteiger partial charge in [-0.15, -0.1) is 5.10 Å². The van der Waals surface area contributed by atoms with Crippen LogP contribution in [0.2, 0.25) is 0 Å². The molecule has 0 aliphatic rings. The van der Waals surface area contributed by atoms with Crippen molar-refractivity contribution in [3.63, 3.8) is 0 Å². The van der Waals surface area contributed by atoms with Crippen LogP contribution < -0.4 is 0 Å². The molecule has 0 radical (unpaired) electrons. The monoisotopic (exact) mass is 222 g/mol. The molecule has 1 aromatic rings. The summed E-state index contributed by atoms with van der Waals surface area (Å²) in [5.74, 6) is -0.298. The van der Waals surface area contributed by atoms with E-state index in [4.69, 9.17) is 10.00 Å². The van der Waals surface area contributed by atoms with E-state index in [9.17, 15) is 4.79 Å². The topological polar surface area (TPSA) is 80.8 Å². The Kier molecular flexibility index (Phi) is 4.45. The Morgan fingerprint density at radius 2 is 2.50 bits per heavy atom. The molecule has 6 heteroatoms. The highest BCUT2D eigenvalue weighted by Gasteiger charge is 2.21. The number of carbonyl (C=O) groups excluding carboxylic acids is 1. The van der Waals surface area contributed by atoms with E-state index in [1.807, 2.05) is 13.0 Å². The van der Waals surface area contributed by atoms with Gasteiger partial charge in [0.1, 0.15) is 12.4 Å². The number of esters is 1. The van der Waals surface area contributed by atoms with Gasteiger partial charge in [-0.1, -0.05) is 19.8 Å². The first-order valence-electron chi connectivity index (χ1n) is 5.12. The first-order chi connectivity index (χ1) is 7.72. The van der Waals surface area contributed by atoms with E-state index in [0.717, 1.165) is 12.8 Å². The largest absolute Gasteiger partial charge is 0.467 e. The predicted molar refractivity (Wildman–Crippen MR) is 55.3 cm³/mol. The standard InChI is InChI=1S/C10H14N4O2/c1-3-4-5-8(10(15)16-2)14-7-12-9(6-11)13-14/h7-8H,3-5H2,1-2H3. The molecule has 0 spiro atoms. The van der Waals surface area contributed by atoms with Crippen molar-refractivity contribution in [3.8, 4) is 6.07 Å². The fraction of sp³-hybridized carbons (Fsp3) is 0.600. The third kappa shape index (κ3) is 2.79. The van der Waals surface area contributed by atoms with Crippen molar-refractivity contribution in [2.24, 2.45) is 0 Å². The lowest BCUT2D eigenvalue weighted by Crippen LogP contribution is -2.21. The lowest BCUT2D eigenvalue weighted by atomic mass is 10.1. The Morgan fingerprint density at radius 1 is 1.75 bits per heavy atom. The van der Waals surface area contributed by atoms with Crippen LogP contribution in [-0.4, -0.2) is 27.8 Å². The molecule has 86 valence electrons. The van der Waals surface area contributed by atoms with Crippen LogP contribution in [0.4, 0.5) is 0 Å². The summed E-state index contributed by atoms with van der Waals surface area (Å²) in [6.07, 6.45) is 3.89. The minimum Gasteiger partial charge on any atom is -0.467 e. The smallest absolute Gasteiger partial charge is 0.330 e. The number of methoxy groups -OCH3 is 1. The van der Waals surface area contributed by atoms with Gasteiger partial charge in [-0.05, 0) is 6.42 Å². The molecular weight excluding hydrogens is 208 g/mol. The summed E-state index contributed by atoms with van der Waals surface area (Å²) in [6.45, 7) is 2.04. The molecule has 1 heterocycles. The van der Waals surface area contributed by atoms with Crippen LogP contribution in [0, 0.1) is 11.3 Å². The predicted octanol–water partition coefficient (Wildman–Crippen LogP) is 1.05. The molecule has 0 aromatic carbocycles. The van der Waals surface area contributed by atoms with Gasteiger partial charge in [0.25, 0.3) is 5.82 Å². The first-order valence-corrected chi connectivity index (χ1v) is 5.12. The van der Waals surface area contributed by atoms with Crippen LogP contribution in [0.25, 0.3) is 0 Å². The number of aromatic nitrogens is 3. The number of rotatable bonds is 5. The van der Waals surface area contributed by atoms with E-state index >= 15 is 0 Å². The van der Waals surface area contributed by atoms with Gasteiger partial charge < -0.3 is 4.74 Å². The fourth-order valence-electron chi connectivity index (χ4n) is 1.37. The van der Waals surface area contributed by atoms with Crippen molar-refractivity contribution in [1.29, 1.82) is 5.26 Å². The molecule has 0 N–H and O–H groups in total.